The molecular weight excluding hydrogens is 1190 g/mol. The van der Waals surface area contributed by atoms with E-state index in [4.69, 9.17) is 37.0 Å². The van der Waals surface area contributed by atoms with Crippen molar-refractivity contribution in [2.24, 2.45) is 17.8 Å². The molecule has 4 unspecified atom stereocenters. The molecule has 7 atom stereocenters. The molecule has 0 aliphatic heterocycles. The van der Waals surface area contributed by atoms with Crippen LogP contribution in [0.1, 0.15) is 357 Å². The predicted molar refractivity (Wildman–Crippen MR) is 363 cm³/mol. The topological polar surface area (TPSA) is 237 Å². The lowest BCUT2D eigenvalue weighted by Crippen LogP contribution is -2.30. The van der Waals surface area contributed by atoms with Crippen molar-refractivity contribution in [2.45, 2.75) is 375 Å². The normalized spacial score (nSPS) is 14.8. The van der Waals surface area contributed by atoms with E-state index < -0.39 is 97.5 Å². The highest BCUT2D eigenvalue weighted by atomic mass is 31.2. The van der Waals surface area contributed by atoms with Crippen molar-refractivity contribution in [1.82, 2.24) is 0 Å². The van der Waals surface area contributed by atoms with E-state index in [0.717, 1.165) is 115 Å². The molecule has 3 N–H and O–H groups in total. The molecule has 0 amide bonds. The SMILES string of the molecule is CCCCCCCCCCC(=O)OC[C@H](COP(=O)(O)OC[C@H](O)COP(=O)(O)OC[C@@H](COC(=O)CCCCCCCCCC(C)C)OC(=O)CCCCCCCCCCCCCCCCCCCCC(C)CC)OC(=O)CCCCCCCCC(C)CC. The summed E-state index contributed by atoms with van der Waals surface area (Å²) in [5, 5.41) is 10.6. The average molecular weight is 1330 g/mol. The molecule has 0 saturated carbocycles. The molecule has 0 aromatic carbocycles. The molecule has 0 aromatic rings. The van der Waals surface area contributed by atoms with Crippen LogP contribution in [0.5, 0.6) is 0 Å². The number of carbonyl (C=O) groups excluding carboxylic acids is 4. The maximum atomic E-state index is 13.0. The lowest BCUT2D eigenvalue weighted by Gasteiger charge is -2.21. The lowest BCUT2D eigenvalue weighted by atomic mass is 9.99. The molecule has 0 rings (SSSR count). The van der Waals surface area contributed by atoms with Gasteiger partial charge in [-0.3, -0.25) is 37.3 Å². The molecule has 0 aliphatic carbocycles. The summed E-state index contributed by atoms with van der Waals surface area (Å²) in [6.07, 6.45) is 46.1. The quantitative estimate of drug-likeness (QED) is 0.0222. The number of ether oxygens (including phenoxy) is 4. The van der Waals surface area contributed by atoms with Crippen LogP contribution in [0.4, 0.5) is 0 Å². The van der Waals surface area contributed by atoms with Crippen LogP contribution in [0.3, 0.4) is 0 Å². The minimum absolute atomic E-state index is 0.102. The van der Waals surface area contributed by atoms with Crippen LogP contribution in [-0.2, 0) is 65.4 Å². The number of phosphoric ester groups is 2. The molecule has 90 heavy (non-hydrogen) atoms. The van der Waals surface area contributed by atoms with Crippen LogP contribution in [0.2, 0.25) is 0 Å². The first kappa shape index (κ1) is 88.1. The Labute approximate surface area is 549 Å². The fraction of sp³-hybridized carbons (Fsp3) is 0.944. The van der Waals surface area contributed by atoms with Crippen molar-refractivity contribution in [3.8, 4) is 0 Å². The standard InChI is InChI=1S/C71H138O17P2/c1-8-11-12-13-14-30-38-45-52-68(73)81-59-67(88-71(76)55-48-41-34-33-37-44-51-64(7)10-3)61-86-90(79,80)84-57-65(72)56-83-89(77,78)85-60-66(58-82-69(74)53-46-39-32-27-28-35-42-49-62(4)5)87-70(75)54-47-40-31-26-24-22-20-18-16-15-17-19-21-23-25-29-36-43-50-63(6)9-2/h62-67,72H,8-61H2,1-7H3,(H,77,78)(H,79,80)/t63?,64?,65-,66-,67-/m1/s1. The van der Waals surface area contributed by atoms with Crippen molar-refractivity contribution in [2.75, 3.05) is 39.6 Å². The smallest absolute Gasteiger partial charge is 0.462 e. The van der Waals surface area contributed by atoms with Gasteiger partial charge >= 0.3 is 39.5 Å². The molecule has 17 nitrogen and oxygen atoms in total. The second-order valence-corrected chi connectivity index (χ2v) is 29.5. The zero-order chi connectivity index (χ0) is 66.6. The fourth-order valence-corrected chi connectivity index (χ4v) is 12.2. The van der Waals surface area contributed by atoms with Crippen molar-refractivity contribution < 1.29 is 80.2 Å². The minimum Gasteiger partial charge on any atom is -0.462 e. The maximum Gasteiger partial charge on any atom is 0.472 e. The van der Waals surface area contributed by atoms with Gasteiger partial charge in [-0.05, 0) is 43.4 Å². The molecular formula is C71H138O17P2. The summed E-state index contributed by atoms with van der Waals surface area (Å²) in [6.45, 7) is 11.8. The third-order valence-electron chi connectivity index (χ3n) is 17.1. The Morgan fingerprint density at radius 1 is 0.322 bits per heavy atom. The Morgan fingerprint density at radius 2 is 0.567 bits per heavy atom. The van der Waals surface area contributed by atoms with Gasteiger partial charge in [0.25, 0.3) is 0 Å². The summed E-state index contributed by atoms with van der Waals surface area (Å²) in [5.74, 6) is 0.163. The molecule has 0 heterocycles. The molecule has 0 fully saturated rings. The summed E-state index contributed by atoms with van der Waals surface area (Å²) in [5.41, 5.74) is 0. The van der Waals surface area contributed by atoms with E-state index in [9.17, 15) is 43.2 Å². The van der Waals surface area contributed by atoms with Gasteiger partial charge in [0.15, 0.2) is 12.2 Å². The molecule has 0 aromatic heterocycles. The van der Waals surface area contributed by atoms with Crippen molar-refractivity contribution in [3.63, 3.8) is 0 Å². The first-order valence-electron chi connectivity index (χ1n) is 36.9. The van der Waals surface area contributed by atoms with Crippen LogP contribution in [-0.4, -0.2) is 96.7 Å². The van der Waals surface area contributed by atoms with Gasteiger partial charge in [-0.1, -0.05) is 305 Å². The summed E-state index contributed by atoms with van der Waals surface area (Å²) in [6, 6.07) is 0. The molecule has 0 saturated heterocycles. The molecule has 19 heteroatoms. The Balaban J connectivity index is 5.12. The molecule has 534 valence electrons. The Kier molecular flexibility index (Phi) is 60.6. The summed E-state index contributed by atoms with van der Waals surface area (Å²) in [7, 11) is -9.90. The molecule has 0 radical (unpaired) electrons. The van der Waals surface area contributed by atoms with Gasteiger partial charge in [0, 0.05) is 25.7 Å². The van der Waals surface area contributed by atoms with Crippen LogP contribution in [0.15, 0.2) is 0 Å². The Hall–Kier alpha value is -1.94. The van der Waals surface area contributed by atoms with Gasteiger partial charge < -0.3 is 33.8 Å². The van der Waals surface area contributed by atoms with Crippen LogP contribution in [0, 0.1) is 17.8 Å². The largest absolute Gasteiger partial charge is 0.472 e. The first-order chi connectivity index (χ1) is 43.3. The molecule has 0 spiro atoms. The average Bonchev–Trinajstić information content (AvgIpc) is 3.56. The van der Waals surface area contributed by atoms with Gasteiger partial charge in [0.2, 0.25) is 0 Å². The zero-order valence-electron chi connectivity index (χ0n) is 58.6. The summed E-state index contributed by atoms with van der Waals surface area (Å²) < 4.78 is 68.1. The number of unbranched alkanes of at least 4 members (excludes halogenated alkanes) is 35. The summed E-state index contributed by atoms with van der Waals surface area (Å²) >= 11 is 0. The van der Waals surface area contributed by atoms with E-state index >= 15 is 0 Å². The number of esters is 4. The number of aliphatic hydroxyl groups is 1. The second kappa shape index (κ2) is 61.9. The number of carbonyl (C=O) groups is 4. The van der Waals surface area contributed by atoms with Gasteiger partial charge in [0.1, 0.15) is 19.3 Å². The highest BCUT2D eigenvalue weighted by molar-refractivity contribution is 7.47. The number of phosphoric acid groups is 2. The third-order valence-corrected chi connectivity index (χ3v) is 19.0. The molecule has 0 bridgehead atoms. The number of hydrogen-bond donors (Lipinski definition) is 3. The zero-order valence-corrected chi connectivity index (χ0v) is 60.4. The Bertz CT molecular complexity index is 1770. The van der Waals surface area contributed by atoms with Crippen LogP contribution < -0.4 is 0 Å². The van der Waals surface area contributed by atoms with Gasteiger partial charge in [-0.25, -0.2) is 9.13 Å². The first-order valence-corrected chi connectivity index (χ1v) is 39.9. The fourth-order valence-electron chi connectivity index (χ4n) is 10.7. The number of aliphatic hydroxyl groups excluding tert-OH is 1. The summed E-state index contributed by atoms with van der Waals surface area (Å²) in [4.78, 5) is 72.4. The maximum absolute atomic E-state index is 13.0. The molecule has 0 aliphatic rings. The van der Waals surface area contributed by atoms with Gasteiger partial charge in [-0.15, -0.1) is 0 Å². The van der Waals surface area contributed by atoms with Crippen molar-refractivity contribution in [3.05, 3.63) is 0 Å². The predicted octanol–water partition coefficient (Wildman–Crippen LogP) is 20.2. The Morgan fingerprint density at radius 3 is 0.844 bits per heavy atom. The van der Waals surface area contributed by atoms with Crippen molar-refractivity contribution >= 4 is 39.5 Å². The lowest BCUT2D eigenvalue weighted by molar-refractivity contribution is -0.161. The van der Waals surface area contributed by atoms with E-state index in [-0.39, 0.29) is 25.7 Å². The van der Waals surface area contributed by atoms with Crippen LogP contribution >= 0.6 is 15.6 Å². The second-order valence-electron chi connectivity index (χ2n) is 26.6. The highest BCUT2D eigenvalue weighted by Crippen LogP contribution is 2.45. The van der Waals surface area contributed by atoms with E-state index in [1.165, 1.54) is 154 Å². The van der Waals surface area contributed by atoms with Gasteiger partial charge in [0.05, 0.1) is 26.4 Å². The highest BCUT2D eigenvalue weighted by Gasteiger charge is 2.30. The van der Waals surface area contributed by atoms with E-state index in [1.807, 2.05) is 0 Å². The van der Waals surface area contributed by atoms with Crippen molar-refractivity contribution in [1.29, 1.82) is 0 Å². The minimum atomic E-state index is -4.95. The van der Waals surface area contributed by atoms with E-state index in [1.54, 1.807) is 0 Å². The van der Waals surface area contributed by atoms with Crippen LogP contribution in [0.25, 0.3) is 0 Å². The number of rotatable bonds is 69. The van der Waals surface area contributed by atoms with E-state index in [2.05, 4.69) is 48.5 Å². The van der Waals surface area contributed by atoms with E-state index in [0.29, 0.717) is 31.6 Å². The number of hydrogen-bond acceptors (Lipinski definition) is 15. The third kappa shape index (κ3) is 62.2. The van der Waals surface area contributed by atoms with Gasteiger partial charge in [-0.2, -0.15) is 0 Å². The monoisotopic (exact) mass is 1320 g/mol.